The monoisotopic (exact) mass is 265 g/mol. The van der Waals surface area contributed by atoms with Gasteiger partial charge in [0.2, 0.25) is 0 Å². The molecule has 0 atom stereocenters. The van der Waals surface area contributed by atoms with Crippen LogP contribution in [0.5, 0.6) is 0 Å². The third-order valence-corrected chi connectivity index (χ3v) is 3.68. The summed E-state index contributed by atoms with van der Waals surface area (Å²) < 4.78 is 2.18. The first kappa shape index (κ1) is 12.9. The molecular weight excluding hydrogens is 246 g/mol. The van der Waals surface area contributed by atoms with Gasteiger partial charge in [-0.25, -0.2) is 4.98 Å². The van der Waals surface area contributed by atoms with E-state index in [4.69, 9.17) is 10.7 Å². The molecule has 0 aliphatic carbocycles. The van der Waals surface area contributed by atoms with Crippen LogP contribution in [0.4, 0.5) is 0 Å². The van der Waals surface area contributed by atoms with E-state index in [0.29, 0.717) is 6.54 Å². The quantitative estimate of drug-likeness (QED) is 0.788. The second-order valence-electron chi connectivity index (χ2n) is 5.11. The number of imidazole rings is 1. The highest BCUT2D eigenvalue weighted by molar-refractivity contribution is 5.77. The lowest BCUT2D eigenvalue weighted by Crippen LogP contribution is -2.03. The zero-order valence-corrected chi connectivity index (χ0v) is 11.7. The molecule has 2 aromatic carbocycles. The summed E-state index contributed by atoms with van der Waals surface area (Å²) in [7, 11) is 2.08. The Labute approximate surface area is 119 Å². The van der Waals surface area contributed by atoms with Gasteiger partial charge in [0.15, 0.2) is 0 Å². The van der Waals surface area contributed by atoms with E-state index in [1.165, 1.54) is 16.6 Å². The Bertz CT molecular complexity index is 714. The van der Waals surface area contributed by atoms with Gasteiger partial charge in [-0.05, 0) is 36.2 Å². The van der Waals surface area contributed by atoms with Gasteiger partial charge in [0, 0.05) is 13.5 Å². The minimum absolute atomic E-state index is 0.681. The summed E-state index contributed by atoms with van der Waals surface area (Å²) in [5.41, 5.74) is 10.4. The van der Waals surface area contributed by atoms with Crippen LogP contribution in [0, 0.1) is 0 Å². The molecule has 2 N–H and O–H groups in total. The summed E-state index contributed by atoms with van der Waals surface area (Å²) in [6.45, 7) is 0.681. The van der Waals surface area contributed by atoms with Gasteiger partial charge in [0.25, 0.3) is 0 Å². The van der Waals surface area contributed by atoms with E-state index in [1.54, 1.807) is 0 Å². The lowest BCUT2D eigenvalue weighted by Gasteiger charge is -2.03. The smallest absolute Gasteiger partial charge is 0.114 e. The first-order chi connectivity index (χ1) is 9.78. The molecule has 3 rings (SSSR count). The molecular formula is C17H19N3. The first-order valence-corrected chi connectivity index (χ1v) is 6.96. The third kappa shape index (κ3) is 2.45. The molecule has 0 bridgehead atoms. The topological polar surface area (TPSA) is 43.8 Å². The summed E-state index contributed by atoms with van der Waals surface area (Å²) in [6.07, 6.45) is 1.77. The summed E-state index contributed by atoms with van der Waals surface area (Å²) >= 11 is 0. The Morgan fingerprint density at radius 1 is 1.05 bits per heavy atom. The predicted octanol–water partition coefficient (Wildman–Crippen LogP) is 2.67. The summed E-state index contributed by atoms with van der Waals surface area (Å²) in [5.74, 6) is 1.09. The van der Waals surface area contributed by atoms with Crippen LogP contribution in [0.1, 0.15) is 17.0 Å². The van der Waals surface area contributed by atoms with Crippen molar-refractivity contribution in [3.8, 4) is 0 Å². The first-order valence-electron chi connectivity index (χ1n) is 6.96. The molecule has 3 aromatic rings. The fraction of sp³-hybridized carbons (Fsp3) is 0.235. The van der Waals surface area contributed by atoms with E-state index < -0.39 is 0 Å². The normalized spacial score (nSPS) is 11.1. The van der Waals surface area contributed by atoms with Gasteiger partial charge < -0.3 is 10.3 Å². The van der Waals surface area contributed by atoms with Gasteiger partial charge in [-0.1, -0.05) is 36.4 Å². The van der Waals surface area contributed by atoms with Crippen LogP contribution in [-0.2, 0) is 19.9 Å². The molecule has 3 heteroatoms. The van der Waals surface area contributed by atoms with E-state index in [0.717, 1.165) is 24.2 Å². The zero-order chi connectivity index (χ0) is 13.9. The molecule has 20 heavy (non-hydrogen) atoms. The van der Waals surface area contributed by atoms with Crippen molar-refractivity contribution in [3.05, 3.63) is 65.5 Å². The molecule has 1 heterocycles. The van der Waals surface area contributed by atoms with Crippen LogP contribution in [0.25, 0.3) is 11.0 Å². The minimum atomic E-state index is 0.681. The van der Waals surface area contributed by atoms with Crippen molar-refractivity contribution in [3.63, 3.8) is 0 Å². The Hall–Kier alpha value is -2.13. The highest BCUT2D eigenvalue weighted by Crippen LogP contribution is 2.19. The molecule has 0 fully saturated rings. The van der Waals surface area contributed by atoms with Crippen LogP contribution in [0.2, 0.25) is 0 Å². The zero-order valence-electron chi connectivity index (χ0n) is 11.7. The molecule has 0 aliphatic heterocycles. The highest BCUT2D eigenvalue weighted by Gasteiger charge is 2.08. The van der Waals surface area contributed by atoms with Crippen molar-refractivity contribution in [2.45, 2.75) is 12.8 Å². The Balaban J connectivity index is 1.98. The van der Waals surface area contributed by atoms with Crippen molar-refractivity contribution < 1.29 is 0 Å². The van der Waals surface area contributed by atoms with Crippen molar-refractivity contribution in [2.24, 2.45) is 12.8 Å². The summed E-state index contributed by atoms with van der Waals surface area (Å²) in [5, 5.41) is 0. The van der Waals surface area contributed by atoms with E-state index >= 15 is 0 Å². The molecule has 0 amide bonds. The van der Waals surface area contributed by atoms with Gasteiger partial charge >= 0.3 is 0 Å². The van der Waals surface area contributed by atoms with Crippen molar-refractivity contribution in [2.75, 3.05) is 6.54 Å². The molecule has 0 spiro atoms. The van der Waals surface area contributed by atoms with Crippen molar-refractivity contribution in [1.82, 2.24) is 9.55 Å². The molecule has 3 nitrogen and oxygen atoms in total. The molecule has 0 aliphatic rings. The predicted molar refractivity (Wildman–Crippen MR) is 82.7 cm³/mol. The summed E-state index contributed by atoms with van der Waals surface area (Å²) in [4.78, 5) is 4.74. The lowest BCUT2D eigenvalue weighted by atomic mass is 10.1. The van der Waals surface area contributed by atoms with Gasteiger partial charge in [-0.15, -0.1) is 0 Å². The molecule has 102 valence electrons. The standard InChI is InChI=1S/C17H19N3/c1-20-16-11-14(9-10-18)7-8-15(16)19-17(20)12-13-5-3-2-4-6-13/h2-8,11H,9-10,12,18H2,1H3. The van der Waals surface area contributed by atoms with E-state index in [1.807, 2.05) is 6.07 Å². The maximum atomic E-state index is 5.63. The van der Waals surface area contributed by atoms with Crippen LogP contribution < -0.4 is 5.73 Å². The molecule has 0 saturated carbocycles. The second kappa shape index (κ2) is 5.47. The van der Waals surface area contributed by atoms with Gasteiger partial charge in [-0.2, -0.15) is 0 Å². The molecule has 0 unspecified atom stereocenters. The van der Waals surface area contributed by atoms with Crippen LogP contribution in [0.15, 0.2) is 48.5 Å². The number of aryl methyl sites for hydroxylation is 1. The van der Waals surface area contributed by atoms with Gasteiger partial charge in [0.1, 0.15) is 5.82 Å². The largest absolute Gasteiger partial charge is 0.331 e. The Kier molecular flexibility index (Phi) is 3.52. The number of rotatable bonds is 4. The maximum Gasteiger partial charge on any atom is 0.114 e. The molecule has 1 aromatic heterocycles. The fourth-order valence-electron chi connectivity index (χ4n) is 2.54. The van der Waals surface area contributed by atoms with Gasteiger partial charge in [-0.3, -0.25) is 0 Å². The number of aromatic nitrogens is 2. The average Bonchev–Trinajstić information content (AvgIpc) is 2.77. The van der Waals surface area contributed by atoms with Crippen molar-refractivity contribution >= 4 is 11.0 Å². The Morgan fingerprint density at radius 3 is 2.60 bits per heavy atom. The number of nitrogens with zero attached hydrogens (tertiary/aromatic N) is 2. The van der Waals surface area contributed by atoms with Crippen LogP contribution in [0.3, 0.4) is 0 Å². The van der Waals surface area contributed by atoms with Gasteiger partial charge in [0.05, 0.1) is 11.0 Å². The second-order valence-corrected chi connectivity index (χ2v) is 5.11. The van der Waals surface area contributed by atoms with Crippen LogP contribution >= 0.6 is 0 Å². The Morgan fingerprint density at radius 2 is 1.85 bits per heavy atom. The average molecular weight is 265 g/mol. The highest BCUT2D eigenvalue weighted by atomic mass is 15.1. The summed E-state index contributed by atoms with van der Waals surface area (Å²) in [6, 6.07) is 16.9. The molecule has 0 radical (unpaired) electrons. The number of nitrogens with two attached hydrogens (primary N) is 1. The van der Waals surface area contributed by atoms with E-state index in [9.17, 15) is 0 Å². The fourth-order valence-corrected chi connectivity index (χ4v) is 2.54. The maximum absolute atomic E-state index is 5.63. The third-order valence-electron chi connectivity index (χ3n) is 3.68. The number of hydrogen-bond acceptors (Lipinski definition) is 2. The van der Waals surface area contributed by atoms with E-state index in [-0.39, 0.29) is 0 Å². The van der Waals surface area contributed by atoms with Crippen molar-refractivity contribution in [1.29, 1.82) is 0 Å². The SMILES string of the molecule is Cn1c(Cc2ccccc2)nc2ccc(CCN)cc21. The van der Waals surface area contributed by atoms with E-state index in [2.05, 4.69) is 54.1 Å². The number of fused-ring (bicyclic) bond motifs is 1. The molecule has 0 saturated heterocycles. The number of benzene rings is 2. The number of hydrogen-bond donors (Lipinski definition) is 1. The van der Waals surface area contributed by atoms with Crippen LogP contribution in [-0.4, -0.2) is 16.1 Å². The lowest BCUT2D eigenvalue weighted by molar-refractivity contribution is 0.844. The minimum Gasteiger partial charge on any atom is -0.331 e.